The molecule has 8 heteroatoms. The van der Waals surface area contributed by atoms with Gasteiger partial charge in [0.05, 0.1) is 22.0 Å². The highest BCUT2D eigenvalue weighted by Gasteiger charge is 2.19. The summed E-state index contributed by atoms with van der Waals surface area (Å²) in [6, 6.07) is 17.4. The van der Waals surface area contributed by atoms with Crippen molar-refractivity contribution in [1.29, 1.82) is 0 Å². The first-order chi connectivity index (χ1) is 16.5. The second-order valence-electron chi connectivity index (χ2n) is 7.90. The number of thioether (sulfide) groups is 1. The first-order valence-corrected chi connectivity index (χ1v) is 12.6. The number of aryl methyl sites for hydroxylation is 1. The lowest BCUT2D eigenvalue weighted by molar-refractivity contribution is 0.671. The van der Waals surface area contributed by atoms with Gasteiger partial charge in [0.15, 0.2) is 5.16 Å². The van der Waals surface area contributed by atoms with E-state index < -0.39 is 0 Å². The van der Waals surface area contributed by atoms with Crippen molar-refractivity contribution in [2.75, 3.05) is 0 Å². The molecule has 170 valence electrons. The van der Waals surface area contributed by atoms with E-state index >= 15 is 0 Å². The van der Waals surface area contributed by atoms with Crippen LogP contribution in [-0.4, -0.2) is 19.1 Å². The van der Waals surface area contributed by atoms with E-state index in [1.807, 2.05) is 55.5 Å². The maximum absolute atomic E-state index is 13.5. The minimum Gasteiger partial charge on any atom is -0.299 e. The van der Waals surface area contributed by atoms with Gasteiger partial charge in [-0.2, -0.15) is 0 Å². The molecule has 0 bridgehead atoms. The van der Waals surface area contributed by atoms with Gasteiger partial charge in [-0.15, -0.1) is 17.9 Å². The molecule has 0 atom stereocenters. The zero-order chi connectivity index (χ0) is 23.8. The lowest BCUT2D eigenvalue weighted by Crippen LogP contribution is -2.24. The van der Waals surface area contributed by atoms with Gasteiger partial charge in [0.1, 0.15) is 10.7 Å². The summed E-state index contributed by atoms with van der Waals surface area (Å²) in [4.78, 5) is 37.6. The van der Waals surface area contributed by atoms with Crippen molar-refractivity contribution < 1.29 is 0 Å². The van der Waals surface area contributed by atoms with Crippen LogP contribution < -0.4 is 11.1 Å². The molecule has 34 heavy (non-hydrogen) atoms. The van der Waals surface area contributed by atoms with Crippen LogP contribution in [-0.2, 0) is 19.3 Å². The molecule has 5 rings (SSSR count). The van der Waals surface area contributed by atoms with Crippen LogP contribution >= 0.6 is 23.1 Å². The second kappa shape index (κ2) is 9.04. The fraction of sp³-hybridized carbons (Fsp3) is 0.154. The number of rotatable bonds is 6. The monoisotopic (exact) mass is 486 g/mol. The molecule has 0 saturated carbocycles. The molecule has 0 amide bonds. The van der Waals surface area contributed by atoms with Crippen molar-refractivity contribution in [2.24, 2.45) is 7.05 Å². The summed E-state index contributed by atoms with van der Waals surface area (Å²) in [6.45, 7) is 6.15. The Morgan fingerprint density at radius 1 is 1.03 bits per heavy atom. The van der Waals surface area contributed by atoms with Gasteiger partial charge in [0, 0.05) is 18.5 Å². The van der Waals surface area contributed by atoms with Gasteiger partial charge in [-0.3, -0.25) is 18.7 Å². The van der Waals surface area contributed by atoms with E-state index in [0.29, 0.717) is 44.4 Å². The third-order valence-corrected chi connectivity index (χ3v) is 7.98. The molecule has 3 aromatic heterocycles. The Labute approximate surface area is 204 Å². The predicted molar refractivity (Wildman–Crippen MR) is 141 cm³/mol. The smallest absolute Gasteiger partial charge is 0.263 e. The van der Waals surface area contributed by atoms with E-state index in [1.54, 1.807) is 28.3 Å². The number of allylic oxidation sites excluding steroid dienone is 1. The lowest BCUT2D eigenvalue weighted by atomic mass is 10.1. The quantitative estimate of drug-likeness (QED) is 0.188. The summed E-state index contributed by atoms with van der Waals surface area (Å²) in [7, 11) is 1.72. The summed E-state index contributed by atoms with van der Waals surface area (Å²) in [5.74, 6) is 1.03. The zero-order valence-electron chi connectivity index (χ0n) is 18.8. The van der Waals surface area contributed by atoms with Crippen LogP contribution in [0.15, 0.2) is 82.0 Å². The number of hydrogen-bond donors (Lipinski definition) is 0. The van der Waals surface area contributed by atoms with Crippen molar-refractivity contribution in [3.05, 3.63) is 99.3 Å². The molecular weight excluding hydrogens is 464 g/mol. The lowest BCUT2D eigenvalue weighted by Gasteiger charge is -2.12. The van der Waals surface area contributed by atoms with Crippen LogP contribution in [0.4, 0.5) is 0 Å². The Bertz CT molecular complexity index is 1670. The Hall–Kier alpha value is -3.49. The fourth-order valence-corrected chi connectivity index (χ4v) is 6.21. The van der Waals surface area contributed by atoms with E-state index in [-0.39, 0.29) is 11.1 Å². The van der Waals surface area contributed by atoms with Crippen LogP contribution in [0.25, 0.3) is 31.6 Å². The van der Waals surface area contributed by atoms with Crippen LogP contribution in [0.3, 0.4) is 0 Å². The van der Waals surface area contributed by atoms with Crippen LogP contribution in [0, 0.1) is 6.92 Å². The van der Waals surface area contributed by atoms with Crippen LogP contribution in [0.5, 0.6) is 0 Å². The Kier molecular flexibility index (Phi) is 5.93. The van der Waals surface area contributed by atoms with Crippen LogP contribution in [0.1, 0.15) is 11.4 Å². The highest BCUT2D eigenvalue weighted by atomic mass is 32.2. The maximum Gasteiger partial charge on any atom is 0.263 e. The van der Waals surface area contributed by atoms with Gasteiger partial charge < -0.3 is 0 Å². The van der Waals surface area contributed by atoms with E-state index in [1.165, 1.54) is 23.1 Å². The van der Waals surface area contributed by atoms with E-state index in [4.69, 9.17) is 4.98 Å². The molecular formula is C26H22N4O2S2. The van der Waals surface area contributed by atoms with E-state index in [9.17, 15) is 9.59 Å². The standard InChI is InChI=1S/C26H22N4O2S2/c1-4-14-30-25(32)21-16(2)22(17-10-6-5-7-11-17)34-23(21)28-26(30)33-15-20-27-19-13-9-8-12-18(19)24(31)29(20)3/h4-13H,1,14-15H2,2-3H3. The summed E-state index contributed by atoms with van der Waals surface area (Å²) in [6.07, 6.45) is 1.70. The predicted octanol–water partition coefficient (Wildman–Crippen LogP) is 5.16. The largest absolute Gasteiger partial charge is 0.299 e. The minimum atomic E-state index is -0.0884. The van der Waals surface area contributed by atoms with E-state index in [0.717, 1.165) is 16.0 Å². The molecule has 0 aliphatic heterocycles. The number of hydrogen-bond acceptors (Lipinski definition) is 6. The summed E-state index contributed by atoms with van der Waals surface area (Å²) in [5, 5.41) is 1.82. The van der Waals surface area contributed by atoms with Gasteiger partial charge in [0.2, 0.25) is 0 Å². The molecule has 0 N–H and O–H groups in total. The molecule has 0 aliphatic carbocycles. The molecule has 0 saturated heterocycles. The number of thiophene rings is 1. The molecule has 0 aliphatic rings. The highest BCUT2D eigenvalue weighted by Crippen LogP contribution is 2.36. The molecule has 0 spiro atoms. The van der Waals surface area contributed by atoms with Gasteiger partial charge >= 0.3 is 0 Å². The molecule has 0 unspecified atom stereocenters. The summed E-state index contributed by atoms with van der Waals surface area (Å²) >= 11 is 2.93. The minimum absolute atomic E-state index is 0.0799. The summed E-state index contributed by atoms with van der Waals surface area (Å²) < 4.78 is 3.21. The van der Waals surface area contributed by atoms with Crippen molar-refractivity contribution in [1.82, 2.24) is 19.1 Å². The topological polar surface area (TPSA) is 69.8 Å². The van der Waals surface area contributed by atoms with Gasteiger partial charge in [0.25, 0.3) is 11.1 Å². The molecule has 0 radical (unpaired) electrons. The first kappa shape index (κ1) is 22.3. The van der Waals surface area contributed by atoms with Crippen molar-refractivity contribution in [3.63, 3.8) is 0 Å². The molecule has 3 heterocycles. The highest BCUT2D eigenvalue weighted by molar-refractivity contribution is 7.98. The molecule has 6 nitrogen and oxygen atoms in total. The number of para-hydroxylation sites is 1. The summed E-state index contributed by atoms with van der Waals surface area (Å²) in [5.41, 5.74) is 2.51. The van der Waals surface area contributed by atoms with Crippen molar-refractivity contribution in [3.8, 4) is 10.4 Å². The average molecular weight is 487 g/mol. The number of nitrogens with zero attached hydrogens (tertiary/aromatic N) is 4. The molecule has 0 fully saturated rings. The first-order valence-electron chi connectivity index (χ1n) is 10.8. The van der Waals surface area contributed by atoms with Crippen molar-refractivity contribution in [2.45, 2.75) is 24.4 Å². The number of aromatic nitrogens is 4. The van der Waals surface area contributed by atoms with Gasteiger partial charge in [-0.25, -0.2) is 9.97 Å². The maximum atomic E-state index is 13.5. The van der Waals surface area contributed by atoms with Gasteiger partial charge in [-0.05, 0) is 30.2 Å². The second-order valence-corrected chi connectivity index (χ2v) is 9.84. The molecule has 2 aromatic carbocycles. The Morgan fingerprint density at radius 3 is 2.53 bits per heavy atom. The third-order valence-electron chi connectivity index (χ3n) is 5.77. The van der Waals surface area contributed by atoms with Crippen molar-refractivity contribution >= 4 is 44.2 Å². The van der Waals surface area contributed by atoms with Gasteiger partial charge in [-0.1, -0.05) is 60.3 Å². The Morgan fingerprint density at radius 2 is 1.76 bits per heavy atom. The molecule has 5 aromatic rings. The number of benzene rings is 2. The third kappa shape index (κ3) is 3.78. The Balaban J connectivity index is 1.60. The van der Waals surface area contributed by atoms with Crippen LogP contribution in [0.2, 0.25) is 0 Å². The number of fused-ring (bicyclic) bond motifs is 2. The SMILES string of the molecule is C=CCn1c(SCc2nc3ccccc3c(=O)n2C)nc2sc(-c3ccccc3)c(C)c2c1=O. The average Bonchev–Trinajstić information content (AvgIpc) is 3.19. The van der Waals surface area contributed by atoms with E-state index in [2.05, 4.69) is 11.6 Å². The zero-order valence-corrected chi connectivity index (χ0v) is 20.4. The normalized spacial score (nSPS) is 11.4. The fourth-order valence-electron chi connectivity index (χ4n) is 3.99.